The number of hydrogen-bond acceptors (Lipinski definition) is 3. The molecule has 1 fully saturated rings. The summed E-state index contributed by atoms with van der Waals surface area (Å²) >= 11 is 0. The Morgan fingerprint density at radius 3 is 2.69 bits per heavy atom. The zero-order chi connectivity index (χ0) is 9.68. The Morgan fingerprint density at radius 1 is 1.54 bits per heavy atom. The number of amides is 1. The van der Waals surface area contributed by atoms with E-state index in [9.17, 15) is 9.59 Å². The summed E-state index contributed by atoms with van der Waals surface area (Å²) in [6, 6.07) is 0. The van der Waals surface area contributed by atoms with E-state index in [4.69, 9.17) is 4.74 Å². The van der Waals surface area contributed by atoms with Crippen molar-refractivity contribution < 1.29 is 14.3 Å². The van der Waals surface area contributed by atoms with Gasteiger partial charge in [-0.25, -0.2) is 0 Å². The smallest absolute Gasteiger partial charge is 0.245 e. The van der Waals surface area contributed by atoms with Crippen molar-refractivity contribution >= 4 is 11.7 Å². The number of nitrogens with one attached hydrogen (secondary N) is 1. The van der Waals surface area contributed by atoms with E-state index in [2.05, 4.69) is 5.32 Å². The quantitative estimate of drug-likeness (QED) is 0.686. The summed E-state index contributed by atoms with van der Waals surface area (Å²) in [6.07, 6.45) is 2.80. The van der Waals surface area contributed by atoms with Gasteiger partial charge in [0, 0.05) is 19.9 Å². The third-order valence-electron chi connectivity index (χ3n) is 2.22. The van der Waals surface area contributed by atoms with Crippen molar-refractivity contribution in [3.05, 3.63) is 0 Å². The lowest BCUT2D eigenvalue weighted by atomic mass is 9.96. The minimum Gasteiger partial charge on any atom is -0.368 e. The van der Waals surface area contributed by atoms with Gasteiger partial charge in [0.25, 0.3) is 0 Å². The predicted molar refractivity (Wildman–Crippen MR) is 47.3 cm³/mol. The standard InChI is InChI=1S/C9H15NO3/c1-10-9(12)6-13-8-4-2-7(11)3-5-8/h8H,2-6H2,1H3,(H,10,12). The number of ketones is 1. The summed E-state index contributed by atoms with van der Waals surface area (Å²) in [5.74, 6) is 0.191. The second-order valence-electron chi connectivity index (χ2n) is 3.22. The summed E-state index contributed by atoms with van der Waals surface area (Å²) in [4.78, 5) is 21.7. The van der Waals surface area contributed by atoms with Crippen molar-refractivity contribution in [2.24, 2.45) is 0 Å². The molecule has 0 aromatic heterocycles. The van der Waals surface area contributed by atoms with Crippen LogP contribution in [0.4, 0.5) is 0 Å². The predicted octanol–water partition coefficient (Wildman–Crippen LogP) is 0.261. The fraction of sp³-hybridized carbons (Fsp3) is 0.778. The van der Waals surface area contributed by atoms with Crippen molar-refractivity contribution in [3.63, 3.8) is 0 Å². The molecule has 1 aliphatic carbocycles. The van der Waals surface area contributed by atoms with Gasteiger partial charge in [-0.2, -0.15) is 0 Å². The largest absolute Gasteiger partial charge is 0.368 e. The zero-order valence-electron chi connectivity index (χ0n) is 7.84. The molecule has 0 aliphatic heterocycles. The first-order valence-corrected chi connectivity index (χ1v) is 4.56. The van der Waals surface area contributed by atoms with E-state index in [1.165, 1.54) is 0 Å². The van der Waals surface area contributed by atoms with Crippen molar-refractivity contribution in [2.45, 2.75) is 31.8 Å². The van der Waals surface area contributed by atoms with E-state index >= 15 is 0 Å². The van der Waals surface area contributed by atoms with Crippen LogP contribution in [0.15, 0.2) is 0 Å². The lowest BCUT2D eigenvalue weighted by molar-refractivity contribution is -0.129. The van der Waals surface area contributed by atoms with Gasteiger partial charge < -0.3 is 10.1 Å². The van der Waals surface area contributed by atoms with Crippen molar-refractivity contribution in [1.82, 2.24) is 5.32 Å². The van der Waals surface area contributed by atoms with Crippen LogP contribution in [0.5, 0.6) is 0 Å². The second kappa shape index (κ2) is 4.97. The van der Waals surface area contributed by atoms with Crippen LogP contribution in [-0.2, 0) is 14.3 Å². The minimum atomic E-state index is -0.114. The number of Topliss-reactive ketones (excluding diaryl/α,β-unsaturated/α-hetero) is 1. The number of rotatable bonds is 3. The molecule has 1 rings (SSSR count). The summed E-state index contributed by atoms with van der Waals surface area (Å²) in [5.41, 5.74) is 0. The maximum atomic E-state index is 10.9. The fourth-order valence-corrected chi connectivity index (χ4v) is 1.35. The summed E-state index contributed by atoms with van der Waals surface area (Å²) < 4.78 is 5.32. The molecule has 4 heteroatoms. The molecule has 0 radical (unpaired) electrons. The minimum absolute atomic E-state index is 0.0926. The van der Waals surface area contributed by atoms with E-state index in [0.29, 0.717) is 18.6 Å². The van der Waals surface area contributed by atoms with Crippen molar-refractivity contribution in [1.29, 1.82) is 0 Å². The Labute approximate surface area is 77.6 Å². The van der Waals surface area contributed by atoms with E-state index in [1.807, 2.05) is 0 Å². The zero-order valence-corrected chi connectivity index (χ0v) is 7.84. The first kappa shape index (κ1) is 10.2. The van der Waals surface area contributed by atoms with Gasteiger partial charge in [0.2, 0.25) is 5.91 Å². The molecule has 0 bridgehead atoms. The third kappa shape index (κ3) is 3.55. The number of likely N-dealkylation sites (N-methyl/N-ethyl adjacent to an activating group) is 1. The SMILES string of the molecule is CNC(=O)COC1CCC(=O)CC1. The van der Waals surface area contributed by atoms with Crippen LogP contribution in [-0.4, -0.2) is 31.4 Å². The van der Waals surface area contributed by atoms with Gasteiger partial charge in [0.05, 0.1) is 6.10 Å². The molecule has 0 aromatic rings. The average Bonchev–Trinajstić information content (AvgIpc) is 2.16. The fourth-order valence-electron chi connectivity index (χ4n) is 1.35. The van der Waals surface area contributed by atoms with Gasteiger partial charge in [0.15, 0.2) is 0 Å². The Kier molecular flexibility index (Phi) is 3.89. The van der Waals surface area contributed by atoms with Crippen LogP contribution in [0, 0.1) is 0 Å². The number of carbonyl (C=O) groups excluding carboxylic acids is 2. The van der Waals surface area contributed by atoms with E-state index in [-0.39, 0.29) is 18.6 Å². The van der Waals surface area contributed by atoms with Gasteiger partial charge in [0.1, 0.15) is 12.4 Å². The first-order valence-electron chi connectivity index (χ1n) is 4.56. The van der Waals surface area contributed by atoms with Crippen molar-refractivity contribution in [3.8, 4) is 0 Å². The third-order valence-corrected chi connectivity index (χ3v) is 2.22. The first-order chi connectivity index (χ1) is 6.22. The normalized spacial score (nSPS) is 18.7. The van der Waals surface area contributed by atoms with Gasteiger partial charge >= 0.3 is 0 Å². The van der Waals surface area contributed by atoms with Gasteiger partial charge in [-0.05, 0) is 12.8 Å². The van der Waals surface area contributed by atoms with Crippen LogP contribution >= 0.6 is 0 Å². The highest BCUT2D eigenvalue weighted by Gasteiger charge is 2.19. The summed E-state index contributed by atoms with van der Waals surface area (Å²) in [5, 5.41) is 2.48. The van der Waals surface area contributed by atoms with Gasteiger partial charge in [-0.1, -0.05) is 0 Å². The molecule has 13 heavy (non-hydrogen) atoms. The monoisotopic (exact) mass is 185 g/mol. The Bertz CT molecular complexity index is 193. The van der Waals surface area contributed by atoms with E-state index in [0.717, 1.165) is 12.8 Å². The molecule has 0 saturated heterocycles. The highest BCUT2D eigenvalue weighted by molar-refractivity contribution is 5.79. The molecule has 1 saturated carbocycles. The maximum absolute atomic E-state index is 10.9. The topological polar surface area (TPSA) is 55.4 Å². The molecule has 0 aromatic carbocycles. The van der Waals surface area contributed by atoms with Gasteiger partial charge in [-0.15, -0.1) is 0 Å². The molecule has 0 spiro atoms. The Balaban J connectivity index is 2.15. The molecule has 0 unspecified atom stereocenters. The van der Waals surface area contributed by atoms with Crippen molar-refractivity contribution in [2.75, 3.05) is 13.7 Å². The Hall–Kier alpha value is -0.900. The summed E-state index contributed by atoms with van der Waals surface area (Å²) in [6.45, 7) is 0.107. The number of carbonyl (C=O) groups is 2. The van der Waals surface area contributed by atoms with E-state index in [1.54, 1.807) is 7.05 Å². The lowest BCUT2D eigenvalue weighted by Crippen LogP contribution is -2.29. The molecular formula is C9H15NO3. The molecule has 0 heterocycles. The van der Waals surface area contributed by atoms with Crippen LogP contribution in [0.3, 0.4) is 0 Å². The van der Waals surface area contributed by atoms with Crippen LogP contribution in [0.2, 0.25) is 0 Å². The molecule has 4 nitrogen and oxygen atoms in total. The van der Waals surface area contributed by atoms with E-state index < -0.39 is 0 Å². The average molecular weight is 185 g/mol. The second-order valence-corrected chi connectivity index (χ2v) is 3.22. The molecule has 1 N–H and O–H groups in total. The van der Waals surface area contributed by atoms with Crippen LogP contribution in [0.25, 0.3) is 0 Å². The van der Waals surface area contributed by atoms with Gasteiger partial charge in [-0.3, -0.25) is 9.59 Å². The Morgan fingerprint density at radius 2 is 2.15 bits per heavy atom. The molecule has 0 atom stereocenters. The van der Waals surface area contributed by atoms with Crippen LogP contribution in [0.1, 0.15) is 25.7 Å². The van der Waals surface area contributed by atoms with Crippen LogP contribution < -0.4 is 5.32 Å². The lowest BCUT2D eigenvalue weighted by Gasteiger charge is -2.20. The summed E-state index contributed by atoms with van der Waals surface area (Å²) in [7, 11) is 1.58. The number of ether oxygens (including phenoxy) is 1. The molecule has 1 amide bonds. The maximum Gasteiger partial charge on any atom is 0.245 e. The molecule has 74 valence electrons. The molecular weight excluding hydrogens is 170 g/mol. The highest BCUT2D eigenvalue weighted by atomic mass is 16.5. The number of hydrogen-bond donors (Lipinski definition) is 1. The molecule has 1 aliphatic rings. The highest BCUT2D eigenvalue weighted by Crippen LogP contribution is 2.17.